The molecule has 1 N–H and O–H groups in total. The number of rotatable bonds is 2. The van der Waals surface area contributed by atoms with Crippen LogP contribution >= 0.6 is 11.6 Å². The van der Waals surface area contributed by atoms with E-state index in [9.17, 15) is 13.2 Å². The average molecular weight is 212 g/mol. The van der Waals surface area contributed by atoms with Gasteiger partial charge < -0.3 is 5.11 Å². The van der Waals surface area contributed by atoms with Crippen LogP contribution in [0.25, 0.3) is 0 Å². The minimum Gasteiger partial charge on any atom is -0.506 e. The third-order valence-electron chi connectivity index (χ3n) is 1.39. The molecule has 0 fully saturated rings. The highest BCUT2D eigenvalue weighted by molar-refractivity contribution is 6.16. The molecule has 0 radical (unpaired) electrons. The molecule has 2 nitrogen and oxygen atoms in total. The van der Waals surface area contributed by atoms with Crippen LogP contribution in [0, 0.1) is 5.82 Å². The van der Waals surface area contributed by atoms with E-state index in [-0.39, 0.29) is 11.6 Å². The second kappa shape index (κ2) is 3.83. The van der Waals surface area contributed by atoms with Crippen LogP contribution in [0.5, 0.6) is 5.75 Å². The Morgan fingerprint density at radius 1 is 1.54 bits per heavy atom. The van der Waals surface area contributed by atoms with Gasteiger partial charge in [-0.2, -0.15) is 0 Å². The summed E-state index contributed by atoms with van der Waals surface area (Å²) in [5.41, 5.74) is -1.15. The van der Waals surface area contributed by atoms with Crippen LogP contribution in [-0.4, -0.2) is 10.1 Å². The summed E-state index contributed by atoms with van der Waals surface area (Å²) in [6, 6.07) is 0.576. The van der Waals surface area contributed by atoms with Gasteiger partial charge in [0.1, 0.15) is 17.3 Å². The first-order valence-corrected chi connectivity index (χ1v) is 3.82. The maximum absolute atomic E-state index is 12.7. The third kappa shape index (κ3) is 2.03. The van der Waals surface area contributed by atoms with Crippen molar-refractivity contribution in [2.45, 2.75) is 12.3 Å². The van der Waals surface area contributed by atoms with Crippen molar-refractivity contribution in [2.75, 3.05) is 0 Å². The van der Waals surface area contributed by atoms with Crippen molar-refractivity contribution in [1.82, 2.24) is 4.98 Å². The van der Waals surface area contributed by atoms with Crippen molar-refractivity contribution in [3.63, 3.8) is 0 Å². The van der Waals surface area contributed by atoms with Gasteiger partial charge in [0, 0.05) is 6.07 Å². The molecule has 0 bridgehead atoms. The number of aromatic nitrogens is 1. The summed E-state index contributed by atoms with van der Waals surface area (Å²) in [7, 11) is 0. The third-order valence-corrected chi connectivity index (χ3v) is 1.64. The molecule has 0 amide bonds. The Hall–Kier alpha value is -0.970. The lowest BCUT2D eigenvalue weighted by atomic mass is 10.3. The molecule has 0 aliphatic rings. The van der Waals surface area contributed by atoms with E-state index in [1.165, 1.54) is 0 Å². The Bertz CT molecular complexity index is 319. The van der Waals surface area contributed by atoms with Crippen molar-refractivity contribution in [2.24, 2.45) is 0 Å². The van der Waals surface area contributed by atoms with E-state index >= 15 is 0 Å². The topological polar surface area (TPSA) is 33.1 Å². The van der Waals surface area contributed by atoms with E-state index in [0.29, 0.717) is 6.07 Å². The normalized spacial score (nSPS) is 10.8. The maximum Gasteiger partial charge on any atom is 0.284 e. The van der Waals surface area contributed by atoms with Crippen LogP contribution in [0.1, 0.15) is 17.8 Å². The molecule has 0 unspecified atom stereocenters. The van der Waals surface area contributed by atoms with Crippen molar-refractivity contribution >= 4 is 11.6 Å². The molecule has 0 saturated carbocycles. The van der Waals surface area contributed by atoms with Crippen LogP contribution in [0.15, 0.2) is 6.07 Å². The molecule has 72 valence electrons. The fourth-order valence-corrected chi connectivity index (χ4v) is 0.975. The Morgan fingerprint density at radius 3 is 2.62 bits per heavy atom. The van der Waals surface area contributed by atoms with Gasteiger partial charge in [-0.15, -0.1) is 11.6 Å². The van der Waals surface area contributed by atoms with Crippen molar-refractivity contribution in [1.29, 1.82) is 0 Å². The molecule has 1 aromatic rings. The Morgan fingerprint density at radius 2 is 2.15 bits per heavy atom. The zero-order valence-corrected chi connectivity index (χ0v) is 7.02. The summed E-state index contributed by atoms with van der Waals surface area (Å²) in [4.78, 5) is 3.18. The highest BCUT2D eigenvalue weighted by Crippen LogP contribution is 2.27. The van der Waals surface area contributed by atoms with Gasteiger partial charge in [-0.05, 0) is 0 Å². The molecular weight excluding hydrogens is 207 g/mol. The first-order valence-electron chi connectivity index (χ1n) is 3.28. The second-order valence-corrected chi connectivity index (χ2v) is 2.52. The minimum absolute atomic E-state index is 0.297. The van der Waals surface area contributed by atoms with E-state index < -0.39 is 23.7 Å². The molecule has 6 heteroatoms. The number of pyridine rings is 1. The largest absolute Gasteiger partial charge is 0.506 e. The molecule has 13 heavy (non-hydrogen) atoms. The highest BCUT2D eigenvalue weighted by Gasteiger charge is 2.17. The van der Waals surface area contributed by atoms with E-state index in [4.69, 9.17) is 16.7 Å². The van der Waals surface area contributed by atoms with E-state index in [2.05, 4.69) is 4.98 Å². The van der Waals surface area contributed by atoms with Gasteiger partial charge in [0.15, 0.2) is 0 Å². The van der Waals surface area contributed by atoms with E-state index in [1.807, 2.05) is 0 Å². The average Bonchev–Trinajstić information content (AvgIpc) is 2.03. The summed E-state index contributed by atoms with van der Waals surface area (Å²) in [6.45, 7) is 0. The smallest absolute Gasteiger partial charge is 0.284 e. The summed E-state index contributed by atoms with van der Waals surface area (Å²) >= 11 is 5.23. The van der Waals surface area contributed by atoms with Gasteiger partial charge in [0.05, 0.1) is 11.6 Å². The molecule has 1 aromatic heterocycles. The molecule has 0 spiro atoms. The number of hydrogen-bond acceptors (Lipinski definition) is 2. The number of nitrogens with zero attached hydrogens (tertiary/aromatic N) is 1. The van der Waals surface area contributed by atoms with Gasteiger partial charge in [0.25, 0.3) is 6.43 Å². The zero-order valence-electron chi connectivity index (χ0n) is 6.27. The fourth-order valence-electron chi connectivity index (χ4n) is 0.788. The Labute approximate surface area is 77.0 Å². The van der Waals surface area contributed by atoms with Gasteiger partial charge in [-0.25, -0.2) is 18.2 Å². The SMILES string of the molecule is Oc1cc(F)c(CCl)nc1C(F)F. The van der Waals surface area contributed by atoms with Crippen molar-refractivity contribution < 1.29 is 18.3 Å². The molecule has 1 heterocycles. The predicted molar refractivity (Wildman–Crippen MR) is 40.4 cm³/mol. The second-order valence-electron chi connectivity index (χ2n) is 2.26. The van der Waals surface area contributed by atoms with Crippen LogP contribution in [0.3, 0.4) is 0 Å². The zero-order chi connectivity index (χ0) is 10.0. The molecule has 0 saturated heterocycles. The summed E-state index contributed by atoms with van der Waals surface area (Å²) in [5.74, 6) is -2.07. The minimum atomic E-state index is -2.94. The summed E-state index contributed by atoms with van der Waals surface area (Å²) in [6.07, 6.45) is -2.94. The number of alkyl halides is 3. The van der Waals surface area contributed by atoms with Crippen LogP contribution in [-0.2, 0) is 5.88 Å². The summed E-state index contributed by atoms with van der Waals surface area (Å²) in [5, 5.41) is 8.86. The molecule has 0 aliphatic heterocycles. The molecule has 0 aromatic carbocycles. The fraction of sp³-hybridized carbons (Fsp3) is 0.286. The van der Waals surface area contributed by atoms with Crippen molar-refractivity contribution in [3.05, 3.63) is 23.3 Å². The van der Waals surface area contributed by atoms with Gasteiger partial charge in [-0.3, -0.25) is 0 Å². The molecule has 1 rings (SSSR count). The van der Waals surface area contributed by atoms with E-state index in [0.717, 1.165) is 0 Å². The van der Waals surface area contributed by atoms with E-state index in [1.54, 1.807) is 0 Å². The Kier molecular flexibility index (Phi) is 2.98. The lowest BCUT2D eigenvalue weighted by molar-refractivity contribution is 0.141. The first kappa shape index (κ1) is 10.1. The quantitative estimate of drug-likeness (QED) is 0.763. The number of halogens is 4. The van der Waals surface area contributed by atoms with Crippen LogP contribution < -0.4 is 0 Å². The molecule has 0 atom stereocenters. The monoisotopic (exact) mass is 211 g/mol. The predicted octanol–water partition coefficient (Wildman–Crippen LogP) is 2.60. The number of hydrogen-bond donors (Lipinski definition) is 1. The molecule has 0 aliphatic carbocycles. The first-order chi connectivity index (χ1) is 6.06. The lowest BCUT2D eigenvalue weighted by Crippen LogP contribution is -1.98. The maximum atomic E-state index is 12.7. The standard InChI is InChI=1S/C7H5ClF3NO/c8-2-4-3(9)1-5(13)6(12-4)7(10)11/h1,7,13H,2H2. The van der Waals surface area contributed by atoms with Gasteiger partial charge >= 0.3 is 0 Å². The Balaban J connectivity index is 3.22. The van der Waals surface area contributed by atoms with Crippen LogP contribution in [0.4, 0.5) is 13.2 Å². The highest BCUT2D eigenvalue weighted by atomic mass is 35.5. The number of aromatic hydroxyl groups is 1. The lowest BCUT2D eigenvalue weighted by Gasteiger charge is -2.04. The summed E-state index contributed by atoms with van der Waals surface area (Å²) < 4.78 is 36.9. The van der Waals surface area contributed by atoms with Gasteiger partial charge in [-0.1, -0.05) is 0 Å². The molecular formula is C7H5ClF3NO. The van der Waals surface area contributed by atoms with Crippen LogP contribution in [0.2, 0.25) is 0 Å². The van der Waals surface area contributed by atoms with Gasteiger partial charge in [0.2, 0.25) is 0 Å². The van der Waals surface area contributed by atoms with Crippen molar-refractivity contribution in [3.8, 4) is 5.75 Å².